The van der Waals surface area contributed by atoms with Crippen LogP contribution in [0.1, 0.15) is 15.2 Å². The number of nitrogen functional groups attached to an aromatic ring is 1. The number of carbonyl (C=O) groups excluding carboxylic acids is 1. The van der Waals surface area contributed by atoms with E-state index in [9.17, 15) is 4.79 Å². The number of carbonyl (C=O) groups is 1. The predicted molar refractivity (Wildman–Crippen MR) is 64.4 cm³/mol. The molecule has 0 aliphatic heterocycles. The van der Waals surface area contributed by atoms with E-state index >= 15 is 0 Å². The first-order valence-electron chi connectivity index (χ1n) is 4.64. The van der Waals surface area contributed by atoms with E-state index in [0.29, 0.717) is 10.6 Å². The zero-order valence-electron chi connectivity index (χ0n) is 8.63. The third kappa shape index (κ3) is 1.57. The van der Waals surface area contributed by atoms with Gasteiger partial charge in [0, 0.05) is 17.1 Å². The van der Waals surface area contributed by atoms with Crippen molar-refractivity contribution in [2.75, 3.05) is 12.8 Å². The lowest BCUT2D eigenvalue weighted by Crippen LogP contribution is -2.17. The van der Waals surface area contributed by atoms with Gasteiger partial charge >= 0.3 is 0 Å². The molecule has 0 atom stereocenters. The molecule has 0 fully saturated rings. The predicted octanol–water partition coefficient (Wildman–Crippen LogP) is 2.15. The van der Waals surface area contributed by atoms with Gasteiger partial charge in [-0.1, -0.05) is 11.6 Å². The zero-order valence-corrected chi connectivity index (χ0v) is 9.44. The average Bonchev–Trinajstić information content (AvgIpc) is 2.55. The molecule has 4 heteroatoms. The largest absolute Gasteiger partial charge is 0.397 e. The van der Waals surface area contributed by atoms with Gasteiger partial charge in [0.1, 0.15) is 4.88 Å². The molecule has 1 heterocycles. The molecule has 0 bridgehead atoms. The van der Waals surface area contributed by atoms with Crippen molar-refractivity contribution in [3.05, 3.63) is 28.6 Å². The Morgan fingerprint density at radius 2 is 2.20 bits per heavy atom. The first kappa shape index (κ1) is 9.98. The van der Waals surface area contributed by atoms with Crippen molar-refractivity contribution in [3.63, 3.8) is 0 Å². The van der Waals surface area contributed by atoms with Crippen LogP contribution in [0.3, 0.4) is 0 Å². The Hall–Kier alpha value is -1.55. The summed E-state index contributed by atoms with van der Waals surface area (Å²) in [5.74, 6) is -0.119. The minimum Gasteiger partial charge on any atom is -0.397 e. The lowest BCUT2D eigenvalue weighted by atomic mass is 10.1. The van der Waals surface area contributed by atoms with Crippen LogP contribution in [0.4, 0.5) is 5.69 Å². The summed E-state index contributed by atoms with van der Waals surface area (Å²) in [7, 11) is 1.61. The molecule has 3 N–H and O–H groups in total. The molecule has 2 rings (SSSR count). The number of nitrogens with two attached hydrogens (primary N) is 1. The standard InChI is InChI=1S/C11H12N2OS/c1-6-3-4-8-7(5-6)9(12)10(15-8)11(14)13-2/h3-5H,12H2,1-2H3,(H,13,14). The fourth-order valence-electron chi connectivity index (χ4n) is 1.51. The van der Waals surface area contributed by atoms with Crippen molar-refractivity contribution in [2.24, 2.45) is 0 Å². The summed E-state index contributed by atoms with van der Waals surface area (Å²) in [6, 6.07) is 6.03. The van der Waals surface area contributed by atoms with Crippen LogP contribution in [0.5, 0.6) is 0 Å². The summed E-state index contributed by atoms with van der Waals surface area (Å²) in [6.45, 7) is 2.01. The first-order valence-corrected chi connectivity index (χ1v) is 5.46. The van der Waals surface area contributed by atoms with E-state index in [1.54, 1.807) is 7.05 Å². The van der Waals surface area contributed by atoms with E-state index in [4.69, 9.17) is 5.73 Å². The van der Waals surface area contributed by atoms with E-state index in [0.717, 1.165) is 15.6 Å². The molecule has 1 amide bonds. The molecule has 0 saturated carbocycles. The second-order valence-electron chi connectivity index (χ2n) is 3.42. The van der Waals surface area contributed by atoms with Crippen molar-refractivity contribution < 1.29 is 4.79 Å². The van der Waals surface area contributed by atoms with Gasteiger partial charge in [0.05, 0.1) is 5.69 Å². The quantitative estimate of drug-likeness (QED) is 0.773. The van der Waals surface area contributed by atoms with Gasteiger partial charge in [-0.05, 0) is 19.1 Å². The molecule has 1 aromatic carbocycles. The summed E-state index contributed by atoms with van der Waals surface area (Å²) >= 11 is 1.43. The number of benzene rings is 1. The normalized spacial score (nSPS) is 10.5. The SMILES string of the molecule is CNC(=O)c1sc2ccc(C)cc2c1N. The van der Waals surface area contributed by atoms with Crippen molar-refractivity contribution in [2.45, 2.75) is 6.92 Å². The molecule has 1 aromatic heterocycles. The summed E-state index contributed by atoms with van der Waals surface area (Å²) in [6.07, 6.45) is 0. The maximum atomic E-state index is 11.5. The number of fused-ring (bicyclic) bond motifs is 1. The Kier molecular flexibility index (Phi) is 2.36. The van der Waals surface area contributed by atoms with Crippen LogP contribution in [0.25, 0.3) is 10.1 Å². The highest BCUT2D eigenvalue weighted by atomic mass is 32.1. The van der Waals surface area contributed by atoms with E-state index in [2.05, 4.69) is 5.32 Å². The fraction of sp³-hybridized carbons (Fsp3) is 0.182. The number of amides is 1. The molecule has 3 nitrogen and oxygen atoms in total. The number of thiophene rings is 1. The second-order valence-corrected chi connectivity index (χ2v) is 4.48. The number of hydrogen-bond acceptors (Lipinski definition) is 3. The maximum Gasteiger partial charge on any atom is 0.263 e. The highest BCUT2D eigenvalue weighted by molar-refractivity contribution is 7.21. The Balaban J connectivity index is 2.69. The van der Waals surface area contributed by atoms with Gasteiger partial charge in [0.15, 0.2) is 0 Å². The summed E-state index contributed by atoms with van der Waals surface area (Å²) in [5, 5.41) is 3.56. The van der Waals surface area contributed by atoms with Crippen LogP contribution in [-0.4, -0.2) is 13.0 Å². The zero-order chi connectivity index (χ0) is 11.0. The van der Waals surface area contributed by atoms with Gasteiger partial charge in [0.2, 0.25) is 0 Å². The van der Waals surface area contributed by atoms with Gasteiger partial charge in [-0.15, -0.1) is 11.3 Å². The molecule has 2 aromatic rings. The van der Waals surface area contributed by atoms with Gasteiger partial charge in [-0.25, -0.2) is 0 Å². The van der Waals surface area contributed by atoms with E-state index in [1.165, 1.54) is 11.3 Å². The van der Waals surface area contributed by atoms with Crippen LogP contribution < -0.4 is 11.1 Å². The fourth-order valence-corrected chi connectivity index (χ4v) is 2.56. The van der Waals surface area contributed by atoms with Gasteiger partial charge in [0.25, 0.3) is 5.91 Å². The van der Waals surface area contributed by atoms with Gasteiger partial charge in [-0.3, -0.25) is 4.79 Å². The molecule has 78 valence electrons. The minimum absolute atomic E-state index is 0.119. The first-order chi connectivity index (χ1) is 7.13. The maximum absolute atomic E-state index is 11.5. The molecular formula is C11H12N2OS. The van der Waals surface area contributed by atoms with Crippen LogP contribution >= 0.6 is 11.3 Å². The highest BCUT2D eigenvalue weighted by Crippen LogP contribution is 2.33. The molecule has 0 unspecified atom stereocenters. The highest BCUT2D eigenvalue weighted by Gasteiger charge is 2.14. The molecule has 0 radical (unpaired) electrons. The average molecular weight is 220 g/mol. The van der Waals surface area contributed by atoms with Crippen LogP contribution in [0.2, 0.25) is 0 Å². The summed E-state index contributed by atoms with van der Waals surface area (Å²) in [4.78, 5) is 12.1. The molecule has 15 heavy (non-hydrogen) atoms. The minimum atomic E-state index is -0.119. The van der Waals surface area contributed by atoms with Crippen molar-refractivity contribution in [1.82, 2.24) is 5.32 Å². The molecule has 0 spiro atoms. The molecule has 0 aliphatic rings. The number of rotatable bonds is 1. The topological polar surface area (TPSA) is 55.1 Å². The van der Waals surface area contributed by atoms with Gasteiger partial charge < -0.3 is 11.1 Å². The lowest BCUT2D eigenvalue weighted by molar-refractivity contribution is 0.0968. The van der Waals surface area contributed by atoms with Crippen LogP contribution in [0.15, 0.2) is 18.2 Å². The van der Waals surface area contributed by atoms with Crippen LogP contribution in [-0.2, 0) is 0 Å². The number of anilines is 1. The Morgan fingerprint density at radius 3 is 2.87 bits per heavy atom. The molecule has 0 aliphatic carbocycles. The smallest absolute Gasteiger partial charge is 0.263 e. The number of aryl methyl sites for hydroxylation is 1. The van der Waals surface area contributed by atoms with E-state index in [-0.39, 0.29) is 5.91 Å². The van der Waals surface area contributed by atoms with E-state index in [1.807, 2.05) is 25.1 Å². The molecular weight excluding hydrogens is 208 g/mol. The molecule has 0 saturated heterocycles. The number of nitrogens with one attached hydrogen (secondary N) is 1. The monoisotopic (exact) mass is 220 g/mol. The second kappa shape index (κ2) is 3.55. The number of hydrogen-bond donors (Lipinski definition) is 2. The van der Waals surface area contributed by atoms with Crippen molar-refractivity contribution in [1.29, 1.82) is 0 Å². The summed E-state index contributed by atoms with van der Waals surface area (Å²) < 4.78 is 1.05. The Labute approximate surface area is 91.9 Å². The van der Waals surface area contributed by atoms with Crippen molar-refractivity contribution in [3.8, 4) is 0 Å². The van der Waals surface area contributed by atoms with Gasteiger partial charge in [-0.2, -0.15) is 0 Å². The third-order valence-electron chi connectivity index (χ3n) is 2.32. The Morgan fingerprint density at radius 1 is 1.47 bits per heavy atom. The third-order valence-corrected chi connectivity index (χ3v) is 3.50. The Bertz CT molecular complexity index is 531. The van der Waals surface area contributed by atoms with Crippen LogP contribution in [0, 0.1) is 6.92 Å². The van der Waals surface area contributed by atoms with Crippen molar-refractivity contribution >= 4 is 33.0 Å². The lowest BCUT2D eigenvalue weighted by Gasteiger charge is -1.96. The van der Waals surface area contributed by atoms with E-state index < -0.39 is 0 Å². The summed E-state index contributed by atoms with van der Waals surface area (Å²) in [5.41, 5.74) is 7.66.